The van der Waals surface area contributed by atoms with Crippen molar-refractivity contribution in [2.75, 3.05) is 18.6 Å². The van der Waals surface area contributed by atoms with Gasteiger partial charge in [0.2, 0.25) is 0 Å². The molecule has 0 aromatic heterocycles. The van der Waals surface area contributed by atoms with Gasteiger partial charge in [0, 0.05) is 24.6 Å². The molecular formula is C10H15NO3S. The topological polar surface area (TPSA) is 55.4 Å². The molecule has 2 aliphatic heterocycles. The smallest absolute Gasteiger partial charge is 0.334 e. The SMILES string of the molecule is CSCC(C)C(=O)[C@]12C[C@H](CN1)OC2=O. The van der Waals surface area contributed by atoms with Gasteiger partial charge in [-0.2, -0.15) is 11.8 Å². The number of ketones is 1. The molecule has 1 N–H and O–H groups in total. The first kappa shape index (κ1) is 11.0. The maximum Gasteiger partial charge on any atom is 0.334 e. The van der Waals surface area contributed by atoms with Crippen molar-refractivity contribution in [2.45, 2.75) is 25.0 Å². The summed E-state index contributed by atoms with van der Waals surface area (Å²) in [6.07, 6.45) is 2.38. The molecule has 0 aromatic carbocycles. The van der Waals surface area contributed by atoms with E-state index in [-0.39, 0.29) is 23.8 Å². The van der Waals surface area contributed by atoms with Crippen molar-refractivity contribution in [1.82, 2.24) is 5.32 Å². The van der Waals surface area contributed by atoms with E-state index >= 15 is 0 Å². The monoisotopic (exact) mass is 229 g/mol. The number of hydrogen-bond acceptors (Lipinski definition) is 5. The number of nitrogens with one attached hydrogen (secondary N) is 1. The van der Waals surface area contributed by atoms with E-state index in [1.54, 1.807) is 11.8 Å². The van der Waals surface area contributed by atoms with Gasteiger partial charge in [-0.05, 0) is 6.26 Å². The predicted octanol–water partition coefficient (Wildman–Crippen LogP) is 0.212. The van der Waals surface area contributed by atoms with Gasteiger partial charge in [-0.3, -0.25) is 10.1 Å². The van der Waals surface area contributed by atoms with Crippen LogP contribution in [0.5, 0.6) is 0 Å². The van der Waals surface area contributed by atoms with Crippen LogP contribution >= 0.6 is 11.8 Å². The number of Topliss-reactive ketones (excluding diaryl/α,β-unsaturated/α-hetero) is 1. The molecular weight excluding hydrogens is 214 g/mol. The summed E-state index contributed by atoms with van der Waals surface area (Å²) in [6.45, 7) is 2.48. The van der Waals surface area contributed by atoms with Crippen LogP contribution in [-0.2, 0) is 14.3 Å². The zero-order valence-electron chi connectivity index (χ0n) is 8.91. The van der Waals surface area contributed by atoms with Crippen LogP contribution in [-0.4, -0.2) is 41.9 Å². The Bertz CT molecular complexity index is 307. The number of ether oxygens (including phenoxy) is 1. The minimum atomic E-state index is -1.01. The van der Waals surface area contributed by atoms with Gasteiger partial charge in [0.15, 0.2) is 11.3 Å². The number of rotatable bonds is 4. The number of carbonyl (C=O) groups excluding carboxylic acids is 2. The second kappa shape index (κ2) is 3.79. The predicted molar refractivity (Wildman–Crippen MR) is 57.8 cm³/mol. The molecule has 0 saturated carbocycles. The maximum atomic E-state index is 12.1. The maximum absolute atomic E-state index is 12.1. The Morgan fingerprint density at radius 2 is 2.53 bits per heavy atom. The summed E-state index contributed by atoms with van der Waals surface area (Å²) in [5, 5.41) is 3.03. The molecule has 2 saturated heterocycles. The third-order valence-corrected chi connectivity index (χ3v) is 3.91. The highest BCUT2D eigenvalue weighted by molar-refractivity contribution is 7.98. The molecule has 2 aliphatic rings. The second-order valence-electron chi connectivity index (χ2n) is 4.24. The fourth-order valence-electron chi connectivity index (χ4n) is 2.30. The van der Waals surface area contributed by atoms with E-state index in [0.29, 0.717) is 13.0 Å². The molecule has 15 heavy (non-hydrogen) atoms. The molecule has 4 nitrogen and oxygen atoms in total. The lowest BCUT2D eigenvalue weighted by Crippen LogP contribution is -2.56. The summed E-state index contributed by atoms with van der Waals surface area (Å²) in [5.41, 5.74) is -1.01. The molecule has 0 amide bonds. The van der Waals surface area contributed by atoms with Gasteiger partial charge in [-0.25, -0.2) is 4.79 Å². The first-order valence-corrected chi connectivity index (χ1v) is 6.49. The number of carbonyl (C=O) groups is 2. The van der Waals surface area contributed by atoms with Crippen molar-refractivity contribution in [3.05, 3.63) is 0 Å². The summed E-state index contributed by atoms with van der Waals surface area (Å²) >= 11 is 1.62. The molecule has 3 atom stereocenters. The molecule has 2 rings (SSSR count). The zero-order chi connectivity index (χ0) is 11.1. The van der Waals surface area contributed by atoms with Crippen LogP contribution in [0, 0.1) is 5.92 Å². The third-order valence-electron chi connectivity index (χ3n) is 3.07. The molecule has 0 spiro atoms. The molecule has 0 aliphatic carbocycles. The Kier molecular flexibility index (Phi) is 2.77. The van der Waals surface area contributed by atoms with E-state index in [2.05, 4.69) is 5.32 Å². The van der Waals surface area contributed by atoms with Gasteiger partial charge in [0.25, 0.3) is 0 Å². The Labute approximate surface area is 93.1 Å². The number of thioether (sulfide) groups is 1. The average molecular weight is 229 g/mol. The lowest BCUT2D eigenvalue weighted by atomic mass is 9.87. The van der Waals surface area contributed by atoms with Crippen LogP contribution in [0.15, 0.2) is 0 Å². The van der Waals surface area contributed by atoms with E-state index in [1.165, 1.54) is 0 Å². The molecule has 2 fully saturated rings. The highest BCUT2D eigenvalue weighted by Crippen LogP contribution is 2.34. The number of esters is 1. The number of morpholine rings is 1. The number of fused-ring (bicyclic) bond motifs is 2. The molecule has 0 radical (unpaired) electrons. The number of hydrogen-bond donors (Lipinski definition) is 1. The summed E-state index contributed by atoms with van der Waals surface area (Å²) in [7, 11) is 0. The third kappa shape index (κ3) is 1.58. The molecule has 1 unspecified atom stereocenters. The fraction of sp³-hybridized carbons (Fsp3) is 0.800. The van der Waals surface area contributed by atoms with Gasteiger partial charge < -0.3 is 4.74 Å². The van der Waals surface area contributed by atoms with Gasteiger partial charge >= 0.3 is 5.97 Å². The van der Waals surface area contributed by atoms with E-state index < -0.39 is 5.54 Å². The van der Waals surface area contributed by atoms with Crippen LogP contribution in [0.1, 0.15) is 13.3 Å². The summed E-state index contributed by atoms with van der Waals surface area (Å²) in [5.74, 6) is 0.260. The Hall–Kier alpha value is -0.550. The summed E-state index contributed by atoms with van der Waals surface area (Å²) in [6, 6.07) is 0. The normalized spacial score (nSPS) is 35.3. The lowest BCUT2D eigenvalue weighted by molar-refractivity contribution is -0.153. The van der Waals surface area contributed by atoms with Gasteiger partial charge in [-0.1, -0.05) is 6.92 Å². The standard InChI is InChI=1S/C10H15NO3S/c1-6(5-15-2)8(12)10-3-7(4-11-10)14-9(10)13/h6-7,11H,3-5H2,1-2H3/t6?,7-,10+/m1/s1. The van der Waals surface area contributed by atoms with Crippen LogP contribution < -0.4 is 5.32 Å². The van der Waals surface area contributed by atoms with Crippen molar-refractivity contribution in [2.24, 2.45) is 5.92 Å². The van der Waals surface area contributed by atoms with Gasteiger partial charge in [0.05, 0.1) is 0 Å². The Balaban J connectivity index is 2.15. The minimum Gasteiger partial charge on any atom is -0.459 e. The van der Waals surface area contributed by atoms with E-state index in [9.17, 15) is 9.59 Å². The van der Waals surface area contributed by atoms with Crippen LogP contribution in [0.2, 0.25) is 0 Å². The van der Waals surface area contributed by atoms with E-state index in [4.69, 9.17) is 4.74 Å². The molecule has 5 heteroatoms. The van der Waals surface area contributed by atoms with Crippen LogP contribution in [0.4, 0.5) is 0 Å². The Morgan fingerprint density at radius 1 is 1.80 bits per heavy atom. The summed E-state index contributed by atoms with van der Waals surface area (Å²) in [4.78, 5) is 23.7. The van der Waals surface area contributed by atoms with E-state index in [0.717, 1.165) is 5.75 Å². The van der Waals surface area contributed by atoms with Crippen molar-refractivity contribution >= 4 is 23.5 Å². The first-order valence-electron chi connectivity index (χ1n) is 5.09. The molecule has 84 valence electrons. The van der Waals surface area contributed by atoms with Crippen molar-refractivity contribution in [3.8, 4) is 0 Å². The van der Waals surface area contributed by atoms with Crippen LogP contribution in [0.25, 0.3) is 0 Å². The molecule has 2 heterocycles. The molecule has 2 bridgehead atoms. The second-order valence-corrected chi connectivity index (χ2v) is 5.15. The van der Waals surface area contributed by atoms with Crippen molar-refractivity contribution in [3.63, 3.8) is 0 Å². The van der Waals surface area contributed by atoms with Gasteiger partial charge in [0.1, 0.15) is 6.10 Å². The quantitative estimate of drug-likeness (QED) is 0.552. The summed E-state index contributed by atoms with van der Waals surface area (Å²) < 4.78 is 5.08. The van der Waals surface area contributed by atoms with E-state index in [1.807, 2.05) is 13.2 Å². The lowest BCUT2D eigenvalue weighted by Gasteiger charge is -2.25. The largest absolute Gasteiger partial charge is 0.459 e. The van der Waals surface area contributed by atoms with Crippen molar-refractivity contribution < 1.29 is 14.3 Å². The van der Waals surface area contributed by atoms with Crippen molar-refractivity contribution in [1.29, 1.82) is 0 Å². The molecule has 0 aromatic rings. The van der Waals surface area contributed by atoms with Crippen LogP contribution in [0.3, 0.4) is 0 Å². The zero-order valence-corrected chi connectivity index (χ0v) is 9.73. The minimum absolute atomic E-state index is 0.0122. The Morgan fingerprint density at radius 3 is 3.00 bits per heavy atom. The highest BCUT2D eigenvalue weighted by Gasteiger charge is 2.59. The first-order chi connectivity index (χ1) is 7.10. The average Bonchev–Trinajstić information content (AvgIpc) is 2.74. The fourth-order valence-corrected chi connectivity index (χ4v) is 2.95. The van der Waals surface area contributed by atoms with Gasteiger partial charge in [-0.15, -0.1) is 0 Å². The highest BCUT2D eigenvalue weighted by atomic mass is 32.2.